The summed E-state index contributed by atoms with van der Waals surface area (Å²) in [5.41, 5.74) is 1.39. The lowest BCUT2D eigenvalue weighted by Gasteiger charge is -2.39. The van der Waals surface area contributed by atoms with Gasteiger partial charge in [0.05, 0.1) is 17.0 Å². The summed E-state index contributed by atoms with van der Waals surface area (Å²) in [6.07, 6.45) is 2.15. The summed E-state index contributed by atoms with van der Waals surface area (Å²) in [5.74, 6) is 0.376. The molecule has 10 heteroatoms. The number of aromatic nitrogens is 1. The maximum atomic E-state index is 13.3. The number of benzene rings is 1. The number of amides is 2. The van der Waals surface area contributed by atoms with Gasteiger partial charge in [-0.25, -0.2) is 13.2 Å². The highest BCUT2D eigenvalue weighted by Gasteiger charge is 2.65. The number of hydrogen-bond donors (Lipinski definition) is 2. The predicted molar refractivity (Wildman–Crippen MR) is 144 cm³/mol. The molecule has 0 radical (unpaired) electrons. The van der Waals surface area contributed by atoms with Gasteiger partial charge < -0.3 is 10.6 Å². The van der Waals surface area contributed by atoms with Gasteiger partial charge in [0.2, 0.25) is 10.0 Å². The number of rotatable bonds is 7. The number of carbonyl (C=O) groups is 2. The zero-order chi connectivity index (χ0) is 26.4. The van der Waals surface area contributed by atoms with E-state index < -0.39 is 15.4 Å². The van der Waals surface area contributed by atoms with Crippen molar-refractivity contribution in [3.8, 4) is 0 Å². The molecule has 2 heterocycles. The molecule has 3 fully saturated rings. The van der Waals surface area contributed by atoms with E-state index in [4.69, 9.17) is 0 Å². The highest BCUT2D eigenvalue weighted by Crippen LogP contribution is 2.64. The van der Waals surface area contributed by atoms with Crippen LogP contribution >= 0.6 is 0 Å². The fourth-order valence-electron chi connectivity index (χ4n) is 6.65. The Morgan fingerprint density at radius 1 is 1.16 bits per heavy atom. The van der Waals surface area contributed by atoms with E-state index in [2.05, 4.69) is 34.4 Å². The maximum absolute atomic E-state index is 13.3. The van der Waals surface area contributed by atoms with E-state index in [1.54, 1.807) is 4.31 Å². The molecule has 2 aliphatic carbocycles. The van der Waals surface area contributed by atoms with Crippen molar-refractivity contribution >= 4 is 38.4 Å². The quantitative estimate of drug-likeness (QED) is 0.573. The first-order chi connectivity index (χ1) is 17.5. The molecule has 0 spiro atoms. The molecule has 2 atom stereocenters. The second kappa shape index (κ2) is 9.63. The number of hydrogen-bond acceptors (Lipinski definition) is 6. The number of urea groups is 1. The average molecular weight is 528 g/mol. The third kappa shape index (κ3) is 4.75. The molecule has 200 valence electrons. The van der Waals surface area contributed by atoms with E-state index in [0.717, 1.165) is 28.7 Å². The van der Waals surface area contributed by atoms with Gasteiger partial charge in [0.25, 0.3) is 0 Å². The van der Waals surface area contributed by atoms with Gasteiger partial charge in [-0.15, -0.1) is 0 Å². The summed E-state index contributed by atoms with van der Waals surface area (Å²) in [6, 6.07) is 9.25. The summed E-state index contributed by atoms with van der Waals surface area (Å²) < 4.78 is 28.2. The van der Waals surface area contributed by atoms with Crippen LogP contribution in [0, 0.1) is 23.7 Å². The minimum absolute atomic E-state index is 0.0623. The molecule has 37 heavy (non-hydrogen) atoms. The highest BCUT2D eigenvalue weighted by atomic mass is 32.2. The lowest BCUT2D eigenvalue weighted by atomic mass is 9.70. The number of carbonyl (C=O) groups excluding carboxylic acids is 2. The van der Waals surface area contributed by atoms with Gasteiger partial charge >= 0.3 is 6.03 Å². The number of ketones is 1. The van der Waals surface area contributed by atoms with Crippen LogP contribution in [0.2, 0.25) is 0 Å². The highest BCUT2D eigenvalue weighted by molar-refractivity contribution is 7.89. The molecular weight excluding hydrogens is 490 g/mol. The summed E-state index contributed by atoms with van der Waals surface area (Å²) in [6.45, 7) is 9.15. The summed E-state index contributed by atoms with van der Waals surface area (Å²) in [4.78, 5) is 32.0. The number of nitrogens with one attached hydrogen (secondary N) is 2. The molecule has 3 aliphatic rings. The lowest BCUT2D eigenvalue weighted by molar-refractivity contribution is -0.128. The van der Waals surface area contributed by atoms with Crippen molar-refractivity contribution in [2.24, 2.45) is 16.7 Å². The Bertz CT molecular complexity index is 1320. The molecule has 2 saturated carbocycles. The Hall–Kier alpha value is -2.56. The molecule has 2 bridgehead atoms. The van der Waals surface area contributed by atoms with Gasteiger partial charge in [0.15, 0.2) is 0 Å². The van der Waals surface area contributed by atoms with E-state index in [0.29, 0.717) is 58.0 Å². The summed E-state index contributed by atoms with van der Waals surface area (Å²) in [7, 11) is -3.53. The van der Waals surface area contributed by atoms with Crippen LogP contribution in [0.5, 0.6) is 0 Å². The van der Waals surface area contributed by atoms with Crippen LogP contribution in [0.1, 0.15) is 38.8 Å². The first kappa shape index (κ1) is 26.1. The molecule has 1 aliphatic heterocycles. The molecule has 1 saturated heterocycles. The third-order valence-electron chi connectivity index (χ3n) is 9.10. The third-order valence-corrected chi connectivity index (χ3v) is 11.1. The minimum atomic E-state index is -3.53. The SMILES string of the molecule is Cc1cc(NC(=O)NCCN2CCN(S(=O)(=O)CC34CCC(CC3=O)C4(C)C)CC2)c2ccccc2n1. The van der Waals surface area contributed by atoms with Crippen LogP contribution in [0.15, 0.2) is 30.3 Å². The van der Waals surface area contributed by atoms with E-state index in [1.165, 1.54) is 0 Å². The van der Waals surface area contributed by atoms with Crippen molar-refractivity contribution < 1.29 is 18.0 Å². The number of nitrogens with zero attached hydrogens (tertiary/aromatic N) is 3. The molecule has 2 amide bonds. The van der Waals surface area contributed by atoms with Crippen LogP contribution in [0.25, 0.3) is 10.9 Å². The standard InChI is InChI=1S/C27H37N5O4S/c1-19-16-23(21-6-4-5-7-22(21)29-19)30-25(34)28-10-11-31-12-14-32(15-13-31)37(35,36)18-27-9-8-20(17-24(27)33)26(27,2)3/h4-7,16,20H,8-15,17-18H2,1-3H3,(H2,28,29,30,34). The van der Waals surface area contributed by atoms with Crippen LogP contribution in [-0.2, 0) is 14.8 Å². The molecule has 2 unspecified atom stereocenters. The van der Waals surface area contributed by atoms with E-state index in [1.807, 2.05) is 37.3 Å². The first-order valence-corrected chi connectivity index (χ1v) is 14.8. The van der Waals surface area contributed by atoms with Crippen molar-refractivity contribution in [2.75, 3.05) is 50.3 Å². The van der Waals surface area contributed by atoms with Gasteiger partial charge in [-0.05, 0) is 43.2 Å². The number of aryl methyl sites for hydroxylation is 1. The molecular formula is C27H37N5O4S. The van der Waals surface area contributed by atoms with Crippen molar-refractivity contribution in [3.05, 3.63) is 36.0 Å². The minimum Gasteiger partial charge on any atom is -0.337 e. The summed E-state index contributed by atoms with van der Waals surface area (Å²) in [5, 5.41) is 6.71. The van der Waals surface area contributed by atoms with E-state index >= 15 is 0 Å². The summed E-state index contributed by atoms with van der Waals surface area (Å²) >= 11 is 0. The second-order valence-electron chi connectivity index (χ2n) is 11.4. The van der Waals surface area contributed by atoms with Gasteiger partial charge in [-0.3, -0.25) is 14.7 Å². The smallest absolute Gasteiger partial charge is 0.319 e. The van der Waals surface area contributed by atoms with Crippen LogP contribution in [0.3, 0.4) is 0 Å². The molecule has 1 aromatic heterocycles. The van der Waals surface area contributed by atoms with Gasteiger partial charge in [-0.1, -0.05) is 32.0 Å². The fraction of sp³-hybridized carbons (Fsp3) is 0.593. The number of pyridine rings is 1. The lowest BCUT2D eigenvalue weighted by Crippen LogP contribution is -2.53. The van der Waals surface area contributed by atoms with E-state index in [9.17, 15) is 18.0 Å². The largest absolute Gasteiger partial charge is 0.337 e. The van der Waals surface area contributed by atoms with E-state index in [-0.39, 0.29) is 23.0 Å². The number of para-hydroxylation sites is 1. The predicted octanol–water partition coefficient (Wildman–Crippen LogP) is 3.01. The number of sulfonamides is 1. The van der Waals surface area contributed by atoms with Crippen molar-refractivity contribution in [2.45, 2.75) is 40.0 Å². The van der Waals surface area contributed by atoms with Gasteiger partial charge in [-0.2, -0.15) is 4.31 Å². The molecule has 1 aromatic carbocycles. The Kier molecular flexibility index (Phi) is 6.79. The number of piperazine rings is 1. The van der Waals surface area contributed by atoms with Gasteiger partial charge in [0.1, 0.15) is 5.78 Å². The van der Waals surface area contributed by atoms with Crippen LogP contribution < -0.4 is 10.6 Å². The number of Topliss-reactive ketones (excluding diaryl/α,β-unsaturated/α-hetero) is 1. The monoisotopic (exact) mass is 527 g/mol. The molecule has 2 N–H and O–H groups in total. The Labute approximate surface area is 219 Å². The topological polar surface area (TPSA) is 112 Å². The Morgan fingerprint density at radius 2 is 1.89 bits per heavy atom. The Morgan fingerprint density at radius 3 is 2.57 bits per heavy atom. The molecule has 5 rings (SSSR count). The van der Waals surface area contributed by atoms with Crippen LogP contribution in [-0.4, -0.2) is 79.4 Å². The number of fused-ring (bicyclic) bond motifs is 3. The normalized spacial score (nSPS) is 26.0. The average Bonchev–Trinajstić information content (AvgIpc) is 3.18. The van der Waals surface area contributed by atoms with Crippen molar-refractivity contribution in [3.63, 3.8) is 0 Å². The second-order valence-corrected chi connectivity index (χ2v) is 13.3. The first-order valence-electron chi connectivity index (χ1n) is 13.2. The van der Waals surface area contributed by atoms with Crippen molar-refractivity contribution in [1.82, 2.24) is 19.5 Å². The molecule has 9 nitrogen and oxygen atoms in total. The zero-order valence-electron chi connectivity index (χ0n) is 21.9. The fourth-order valence-corrected chi connectivity index (χ4v) is 8.85. The van der Waals surface area contributed by atoms with Crippen molar-refractivity contribution in [1.29, 1.82) is 0 Å². The molecule has 2 aromatic rings. The Balaban J connectivity index is 1.10. The number of anilines is 1. The maximum Gasteiger partial charge on any atom is 0.319 e. The van der Waals surface area contributed by atoms with Crippen LogP contribution in [0.4, 0.5) is 10.5 Å². The zero-order valence-corrected chi connectivity index (χ0v) is 22.7. The van der Waals surface area contributed by atoms with Gasteiger partial charge in [0, 0.05) is 62.2 Å².